The van der Waals surface area contributed by atoms with Gasteiger partial charge in [-0.2, -0.15) is 0 Å². The van der Waals surface area contributed by atoms with Crippen molar-refractivity contribution in [2.24, 2.45) is 0 Å². The number of H-pyrrole nitrogens is 1. The van der Waals surface area contributed by atoms with Gasteiger partial charge in [-0.3, -0.25) is 4.79 Å². The molecule has 3 aromatic rings. The largest absolute Gasteiger partial charge is 0.437 e. The number of nitrogens with zero attached hydrogens (tertiary/aromatic N) is 1. The van der Waals surface area contributed by atoms with Gasteiger partial charge in [0, 0.05) is 34.1 Å². The van der Waals surface area contributed by atoms with Gasteiger partial charge >= 0.3 is 0 Å². The lowest BCUT2D eigenvalue weighted by Gasteiger charge is -2.07. The van der Waals surface area contributed by atoms with Crippen molar-refractivity contribution in [1.29, 1.82) is 0 Å². The zero-order valence-electron chi connectivity index (χ0n) is 12.4. The lowest BCUT2D eigenvalue weighted by molar-refractivity contribution is -0.112. The molecule has 0 atom stereocenters. The number of nitrogens with one attached hydrogen (secondary N) is 2. The fourth-order valence-electron chi connectivity index (χ4n) is 2.50. The van der Waals surface area contributed by atoms with Crippen molar-refractivity contribution in [3.05, 3.63) is 77.1 Å². The summed E-state index contributed by atoms with van der Waals surface area (Å²) in [5, 5.41) is 4.56. The summed E-state index contributed by atoms with van der Waals surface area (Å²) in [6.45, 7) is 0. The monoisotopic (exact) mass is 337 g/mol. The van der Waals surface area contributed by atoms with Crippen LogP contribution in [0.2, 0.25) is 5.02 Å². The molecule has 3 heterocycles. The topological polar surface area (TPSA) is 67.0 Å². The third kappa shape index (κ3) is 2.77. The number of carbonyl (C=O) groups is 1. The first-order valence-electron chi connectivity index (χ1n) is 7.29. The smallest absolute Gasteiger partial charge is 0.226 e. The lowest BCUT2D eigenvalue weighted by Crippen LogP contribution is -1.99. The standard InChI is InChI=1S/C18H12ClN3O2/c19-12-3-1-4-13(8-12)22-17-9-15(23)16(24-17)7-11-10-21-18-14(11)5-2-6-20-18/h1-10,22H,(H,20,21). The van der Waals surface area contributed by atoms with Gasteiger partial charge in [0.15, 0.2) is 5.76 Å². The Labute approximate surface area is 142 Å². The summed E-state index contributed by atoms with van der Waals surface area (Å²) < 4.78 is 5.62. The molecule has 24 heavy (non-hydrogen) atoms. The van der Waals surface area contributed by atoms with Gasteiger partial charge in [-0.25, -0.2) is 4.98 Å². The number of ether oxygens (including phenoxy) is 1. The van der Waals surface area contributed by atoms with Gasteiger partial charge in [-0.15, -0.1) is 0 Å². The second kappa shape index (κ2) is 5.86. The normalized spacial score (nSPS) is 15.6. The van der Waals surface area contributed by atoms with Crippen LogP contribution in [0.3, 0.4) is 0 Å². The Hall–Kier alpha value is -3.05. The quantitative estimate of drug-likeness (QED) is 0.706. The van der Waals surface area contributed by atoms with E-state index in [1.165, 1.54) is 6.08 Å². The third-order valence-corrected chi connectivity index (χ3v) is 3.82. The second-order valence-corrected chi connectivity index (χ2v) is 5.70. The highest BCUT2D eigenvalue weighted by atomic mass is 35.5. The number of aromatic amines is 1. The van der Waals surface area contributed by atoms with Gasteiger partial charge in [0.2, 0.25) is 11.7 Å². The van der Waals surface area contributed by atoms with E-state index in [0.717, 1.165) is 22.3 Å². The summed E-state index contributed by atoms with van der Waals surface area (Å²) in [5.74, 6) is 0.425. The minimum Gasteiger partial charge on any atom is -0.437 e. The maximum Gasteiger partial charge on any atom is 0.226 e. The summed E-state index contributed by atoms with van der Waals surface area (Å²) >= 11 is 5.95. The molecule has 0 saturated heterocycles. The first-order valence-corrected chi connectivity index (χ1v) is 7.67. The van der Waals surface area contributed by atoms with Gasteiger partial charge in [0.05, 0.1) is 6.08 Å². The van der Waals surface area contributed by atoms with Gasteiger partial charge in [0.1, 0.15) is 5.65 Å². The average Bonchev–Trinajstić information content (AvgIpc) is 3.12. The first kappa shape index (κ1) is 14.5. The van der Waals surface area contributed by atoms with E-state index in [1.54, 1.807) is 30.6 Å². The molecular weight excluding hydrogens is 326 g/mol. The van der Waals surface area contributed by atoms with E-state index in [2.05, 4.69) is 15.3 Å². The van der Waals surface area contributed by atoms with Crippen LogP contribution in [0.5, 0.6) is 0 Å². The number of hydrogen-bond acceptors (Lipinski definition) is 4. The number of carbonyl (C=O) groups excluding carboxylic acids is 1. The van der Waals surface area contributed by atoms with Crippen LogP contribution in [0.4, 0.5) is 5.69 Å². The molecule has 0 bridgehead atoms. The highest BCUT2D eigenvalue weighted by molar-refractivity contribution is 6.30. The molecule has 0 aliphatic carbocycles. The van der Waals surface area contributed by atoms with Gasteiger partial charge < -0.3 is 15.0 Å². The Morgan fingerprint density at radius 2 is 2.17 bits per heavy atom. The second-order valence-electron chi connectivity index (χ2n) is 5.26. The van der Waals surface area contributed by atoms with E-state index in [9.17, 15) is 4.79 Å². The summed E-state index contributed by atoms with van der Waals surface area (Å²) in [7, 11) is 0. The van der Waals surface area contributed by atoms with Crippen LogP contribution in [0.25, 0.3) is 17.1 Å². The Kier molecular flexibility index (Phi) is 3.55. The number of fused-ring (bicyclic) bond motifs is 1. The fourth-order valence-corrected chi connectivity index (χ4v) is 2.69. The highest BCUT2D eigenvalue weighted by Crippen LogP contribution is 2.25. The zero-order valence-corrected chi connectivity index (χ0v) is 13.2. The van der Waals surface area contributed by atoms with Gasteiger partial charge in [-0.1, -0.05) is 17.7 Å². The molecule has 0 unspecified atom stereocenters. The average molecular weight is 338 g/mol. The molecule has 0 fully saturated rings. The summed E-state index contributed by atoms with van der Waals surface area (Å²) in [6.07, 6.45) is 6.62. The highest BCUT2D eigenvalue weighted by Gasteiger charge is 2.21. The summed E-state index contributed by atoms with van der Waals surface area (Å²) in [6, 6.07) is 11.0. The van der Waals surface area contributed by atoms with Crippen molar-refractivity contribution in [3.8, 4) is 0 Å². The molecule has 118 valence electrons. The van der Waals surface area contributed by atoms with Crippen molar-refractivity contribution in [2.75, 3.05) is 5.32 Å². The summed E-state index contributed by atoms with van der Waals surface area (Å²) in [4.78, 5) is 19.4. The number of pyridine rings is 1. The number of allylic oxidation sites excluding steroid dienone is 1. The number of aromatic nitrogens is 2. The molecule has 0 spiro atoms. The van der Waals surface area contributed by atoms with Crippen LogP contribution in [-0.2, 0) is 9.53 Å². The van der Waals surface area contributed by atoms with Crippen molar-refractivity contribution in [2.45, 2.75) is 0 Å². The third-order valence-electron chi connectivity index (χ3n) is 3.59. The number of rotatable bonds is 3. The Morgan fingerprint density at radius 1 is 1.25 bits per heavy atom. The fraction of sp³-hybridized carbons (Fsp3) is 0. The number of benzene rings is 1. The first-order chi connectivity index (χ1) is 11.7. The molecule has 4 rings (SSSR count). The maximum atomic E-state index is 12.1. The van der Waals surface area contributed by atoms with E-state index < -0.39 is 0 Å². The zero-order chi connectivity index (χ0) is 16.5. The lowest BCUT2D eigenvalue weighted by atomic mass is 10.2. The molecular formula is C18H12ClN3O2. The maximum absolute atomic E-state index is 12.1. The minimum absolute atomic E-state index is 0.197. The molecule has 0 radical (unpaired) electrons. The molecule has 5 nitrogen and oxygen atoms in total. The van der Waals surface area contributed by atoms with Crippen LogP contribution in [0.1, 0.15) is 5.56 Å². The van der Waals surface area contributed by atoms with Crippen molar-refractivity contribution in [3.63, 3.8) is 0 Å². The summed E-state index contributed by atoms with van der Waals surface area (Å²) in [5.41, 5.74) is 2.36. The molecule has 1 aromatic carbocycles. The van der Waals surface area contributed by atoms with Crippen LogP contribution < -0.4 is 5.32 Å². The molecule has 0 saturated carbocycles. The SMILES string of the molecule is O=C1C=C(Nc2cccc(Cl)c2)OC1=Cc1c[nH]c2ncccc12. The van der Waals surface area contributed by atoms with E-state index in [-0.39, 0.29) is 11.5 Å². The minimum atomic E-state index is -0.197. The van der Waals surface area contributed by atoms with Crippen LogP contribution in [0.15, 0.2) is 66.5 Å². The predicted molar refractivity (Wildman–Crippen MR) is 93.3 cm³/mol. The van der Waals surface area contributed by atoms with Crippen LogP contribution in [0, 0.1) is 0 Å². The van der Waals surface area contributed by atoms with Gasteiger partial charge in [0.25, 0.3) is 0 Å². The predicted octanol–water partition coefficient (Wildman–Crippen LogP) is 4.11. The molecule has 2 aromatic heterocycles. The van der Waals surface area contributed by atoms with Crippen molar-refractivity contribution < 1.29 is 9.53 Å². The Bertz CT molecular complexity index is 1000. The number of anilines is 1. The number of halogens is 1. The van der Waals surface area contributed by atoms with Crippen LogP contribution >= 0.6 is 11.6 Å². The van der Waals surface area contributed by atoms with E-state index >= 15 is 0 Å². The van der Waals surface area contributed by atoms with E-state index in [1.807, 2.05) is 24.3 Å². The van der Waals surface area contributed by atoms with E-state index in [4.69, 9.17) is 16.3 Å². The number of hydrogen-bond donors (Lipinski definition) is 2. The van der Waals surface area contributed by atoms with Crippen molar-refractivity contribution >= 4 is 40.2 Å². The Balaban J connectivity index is 1.57. The van der Waals surface area contributed by atoms with Crippen LogP contribution in [-0.4, -0.2) is 15.8 Å². The van der Waals surface area contributed by atoms with Crippen molar-refractivity contribution in [1.82, 2.24) is 9.97 Å². The molecule has 1 aliphatic heterocycles. The molecule has 6 heteroatoms. The van der Waals surface area contributed by atoms with Gasteiger partial charge in [-0.05, 0) is 36.4 Å². The van der Waals surface area contributed by atoms with E-state index in [0.29, 0.717) is 10.9 Å². The molecule has 1 aliphatic rings. The number of ketones is 1. The Morgan fingerprint density at radius 3 is 3.04 bits per heavy atom. The molecule has 2 N–H and O–H groups in total. The molecule has 0 amide bonds.